The maximum Gasteiger partial charge on any atom is 0.258 e. The third-order valence-corrected chi connectivity index (χ3v) is 9.15. The minimum atomic E-state index is -0.469. The number of halogens is 2. The molecule has 2 N–H and O–H groups in total. The molecule has 3 saturated heterocycles. The van der Waals surface area contributed by atoms with Crippen molar-refractivity contribution < 1.29 is 18.3 Å². The van der Waals surface area contributed by atoms with Gasteiger partial charge in [-0.05, 0) is 81.3 Å². The Balaban J connectivity index is 1.16. The van der Waals surface area contributed by atoms with E-state index < -0.39 is 11.6 Å². The molecule has 1 atom stereocenters. The van der Waals surface area contributed by atoms with Crippen molar-refractivity contribution in [1.82, 2.24) is 19.5 Å². The molecule has 3 fully saturated rings. The van der Waals surface area contributed by atoms with Gasteiger partial charge in [0.2, 0.25) is 0 Å². The first-order valence-electron chi connectivity index (χ1n) is 15.7. The highest BCUT2D eigenvalue weighted by molar-refractivity contribution is 6.08. The molecule has 2 aromatic heterocycles. The molecule has 1 unspecified atom stereocenters. The number of likely N-dealkylation sites (N-methyl/N-ethyl adjacent to an activating group) is 1. The lowest BCUT2D eigenvalue weighted by Gasteiger charge is -2.34. The zero-order valence-electron chi connectivity index (χ0n) is 25.4. The number of hydrogen-bond donors (Lipinski definition) is 2. The van der Waals surface area contributed by atoms with E-state index in [0.29, 0.717) is 54.6 Å². The molecule has 3 aliphatic heterocycles. The lowest BCUT2D eigenvalue weighted by molar-refractivity contribution is 0.0904. The Labute approximate surface area is 261 Å². The monoisotopic (exact) mass is 616 g/mol. The molecule has 0 bridgehead atoms. The number of carbonyl (C=O) groups is 1. The second-order valence-electron chi connectivity index (χ2n) is 12.1. The summed E-state index contributed by atoms with van der Waals surface area (Å²) in [4.78, 5) is 24.9. The van der Waals surface area contributed by atoms with Gasteiger partial charge in [-0.25, -0.2) is 13.8 Å². The van der Waals surface area contributed by atoms with Crippen molar-refractivity contribution in [1.29, 1.82) is 0 Å². The van der Waals surface area contributed by atoms with E-state index in [0.717, 1.165) is 62.9 Å². The number of anilines is 4. The molecular formula is C33H38F2N8O2. The van der Waals surface area contributed by atoms with E-state index in [2.05, 4.69) is 38.5 Å². The number of carbonyl (C=O) groups excluding carboxylic acids is 1. The molecule has 1 amide bonds. The van der Waals surface area contributed by atoms with Gasteiger partial charge in [0.05, 0.1) is 17.8 Å². The van der Waals surface area contributed by atoms with Gasteiger partial charge in [0.1, 0.15) is 17.5 Å². The van der Waals surface area contributed by atoms with Gasteiger partial charge in [-0.1, -0.05) is 0 Å². The minimum absolute atomic E-state index is 0.212. The smallest absolute Gasteiger partial charge is 0.258 e. The molecule has 5 heterocycles. The second-order valence-corrected chi connectivity index (χ2v) is 12.1. The molecule has 7 rings (SSSR count). The van der Waals surface area contributed by atoms with Gasteiger partial charge < -0.3 is 30.1 Å². The van der Waals surface area contributed by atoms with Crippen LogP contribution in [0.15, 0.2) is 54.7 Å². The molecule has 0 aliphatic carbocycles. The number of hydrogen-bond acceptors (Lipinski definition) is 8. The van der Waals surface area contributed by atoms with Crippen molar-refractivity contribution in [2.45, 2.75) is 37.8 Å². The highest BCUT2D eigenvalue weighted by Gasteiger charge is 2.30. The Bertz CT molecular complexity index is 1680. The standard InChI is InChI=1S/C33H38F2N8O2/c1-40-13-15-41(16-14-40)24-5-6-25(28(20-24)37-23-10-17-45-18-11-23)33(44)38-32-21-36-30-8-9-31(39-43(30)32)42-12-2-3-29(42)26-19-22(34)4-7-27(26)35/h4-9,19-21,23,29,37H,2-3,10-18H2,1H3,(H,38,44). The quantitative estimate of drug-likeness (QED) is 0.302. The van der Waals surface area contributed by atoms with Crippen LogP contribution in [0.3, 0.4) is 0 Å². The number of imidazole rings is 1. The van der Waals surface area contributed by atoms with Crippen LogP contribution in [-0.2, 0) is 4.74 Å². The third kappa shape index (κ3) is 6.16. The van der Waals surface area contributed by atoms with Gasteiger partial charge in [-0.15, -0.1) is 5.10 Å². The van der Waals surface area contributed by atoms with Crippen LogP contribution in [0.25, 0.3) is 5.65 Å². The zero-order valence-corrected chi connectivity index (χ0v) is 25.4. The summed E-state index contributed by atoms with van der Waals surface area (Å²) in [5, 5.41) is 11.5. The highest BCUT2D eigenvalue weighted by Crippen LogP contribution is 2.37. The van der Waals surface area contributed by atoms with Crippen LogP contribution in [0.2, 0.25) is 0 Å². The summed E-state index contributed by atoms with van der Waals surface area (Å²) in [6.45, 7) is 5.87. The van der Waals surface area contributed by atoms with Gasteiger partial charge in [0.15, 0.2) is 11.5 Å². The molecule has 45 heavy (non-hydrogen) atoms. The molecule has 10 nitrogen and oxygen atoms in total. The summed E-state index contributed by atoms with van der Waals surface area (Å²) in [5.74, 6) is -0.160. The van der Waals surface area contributed by atoms with Crippen LogP contribution >= 0.6 is 0 Å². The van der Waals surface area contributed by atoms with Gasteiger partial charge in [0, 0.05) is 68.9 Å². The number of nitrogens with zero attached hydrogens (tertiary/aromatic N) is 6. The number of fused-ring (bicyclic) bond motifs is 1. The van der Waals surface area contributed by atoms with Crippen molar-refractivity contribution in [3.63, 3.8) is 0 Å². The Morgan fingerprint density at radius 1 is 0.956 bits per heavy atom. The Morgan fingerprint density at radius 3 is 2.60 bits per heavy atom. The van der Waals surface area contributed by atoms with Gasteiger partial charge in [0.25, 0.3) is 5.91 Å². The summed E-state index contributed by atoms with van der Waals surface area (Å²) < 4.78 is 35.9. The predicted octanol–water partition coefficient (Wildman–Crippen LogP) is 4.94. The van der Waals surface area contributed by atoms with Crippen LogP contribution in [0.4, 0.5) is 31.8 Å². The largest absolute Gasteiger partial charge is 0.381 e. The molecule has 0 radical (unpaired) electrons. The predicted molar refractivity (Wildman–Crippen MR) is 170 cm³/mol. The molecule has 236 valence electrons. The number of piperazine rings is 1. The Kier molecular flexibility index (Phi) is 8.24. The van der Waals surface area contributed by atoms with Gasteiger partial charge in [-0.3, -0.25) is 4.79 Å². The van der Waals surface area contributed by atoms with E-state index in [9.17, 15) is 13.6 Å². The number of amides is 1. The first kappa shape index (κ1) is 29.4. The van der Waals surface area contributed by atoms with Gasteiger partial charge in [-0.2, -0.15) is 4.52 Å². The minimum Gasteiger partial charge on any atom is -0.381 e. The topological polar surface area (TPSA) is 90.3 Å². The number of benzene rings is 2. The highest BCUT2D eigenvalue weighted by atomic mass is 19.1. The molecule has 12 heteroatoms. The maximum absolute atomic E-state index is 14.7. The van der Waals surface area contributed by atoms with E-state index in [1.807, 2.05) is 29.2 Å². The fourth-order valence-corrected chi connectivity index (χ4v) is 6.59. The molecule has 0 saturated carbocycles. The summed E-state index contributed by atoms with van der Waals surface area (Å²) in [5.41, 5.74) is 3.29. The summed E-state index contributed by atoms with van der Waals surface area (Å²) in [7, 11) is 2.13. The zero-order chi connectivity index (χ0) is 30.9. The van der Waals surface area contributed by atoms with Crippen molar-refractivity contribution in [3.8, 4) is 0 Å². The van der Waals surface area contributed by atoms with Crippen LogP contribution in [-0.4, -0.2) is 84.4 Å². The Hall–Kier alpha value is -4.29. The average Bonchev–Trinajstić information content (AvgIpc) is 3.70. The Morgan fingerprint density at radius 2 is 1.78 bits per heavy atom. The van der Waals surface area contributed by atoms with Gasteiger partial charge >= 0.3 is 0 Å². The molecule has 0 spiro atoms. The van der Waals surface area contributed by atoms with E-state index >= 15 is 0 Å². The van der Waals surface area contributed by atoms with Crippen LogP contribution in [0, 0.1) is 11.6 Å². The fraction of sp³-hybridized carbons (Fsp3) is 0.424. The van der Waals surface area contributed by atoms with Crippen LogP contribution in [0.1, 0.15) is 47.6 Å². The first-order chi connectivity index (χ1) is 21.9. The van der Waals surface area contributed by atoms with Crippen LogP contribution < -0.4 is 20.4 Å². The summed E-state index contributed by atoms with van der Waals surface area (Å²) in [6, 6.07) is 13.1. The molecule has 2 aromatic carbocycles. The van der Waals surface area contributed by atoms with Crippen molar-refractivity contribution in [2.24, 2.45) is 0 Å². The fourth-order valence-electron chi connectivity index (χ4n) is 6.59. The maximum atomic E-state index is 14.7. The molecule has 4 aromatic rings. The number of ether oxygens (including phenoxy) is 1. The molecule has 3 aliphatic rings. The molecular weight excluding hydrogens is 578 g/mol. The SMILES string of the molecule is CN1CCN(c2ccc(C(=O)Nc3cnc4ccc(N5CCCC5c5cc(F)ccc5F)nn34)c(NC3CCOCC3)c2)CC1. The second kappa shape index (κ2) is 12.6. The lowest BCUT2D eigenvalue weighted by atomic mass is 10.0. The average molecular weight is 617 g/mol. The van der Waals surface area contributed by atoms with E-state index in [4.69, 9.17) is 9.84 Å². The third-order valence-electron chi connectivity index (χ3n) is 9.15. The number of rotatable bonds is 7. The van der Waals surface area contributed by atoms with Crippen LogP contribution in [0.5, 0.6) is 0 Å². The van der Waals surface area contributed by atoms with E-state index in [1.165, 1.54) is 12.1 Å². The van der Waals surface area contributed by atoms with E-state index in [1.54, 1.807) is 10.7 Å². The summed E-state index contributed by atoms with van der Waals surface area (Å²) >= 11 is 0. The number of nitrogens with one attached hydrogen (secondary N) is 2. The normalized spacial score (nSPS) is 19.8. The lowest BCUT2D eigenvalue weighted by Crippen LogP contribution is -2.44. The van der Waals surface area contributed by atoms with Crippen molar-refractivity contribution in [2.75, 3.05) is 73.4 Å². The first-order valence-corrected chi connectivity index (χ1v) is 15.7. The van der Waals surface area contributed by atoms with Crippen molar-refractivity contribution >= 4 is 34.6 Å². The van der Waals surface area contributed by atoms with E-state index in [-0.39, 0.29) is 18.0 Å². The number of aromatic nitrogens is 3. The summed E-state index contributed by atoms with van der Waals surface area (Å²) in [6.07, 6.45) is 4.83. The van der Waals surface area contributed by atoms with Crippen molar-refractivity contribution in [3.05, 3.63) is 77.5 Å².